The second-order valence-electron chi connectivity index (χ2n) is 11.1. The topological polar surface area (TPSA) is 105 Å². The maximum atomic E-state index is 13.8. The number of nitriles is 1. The summed E-state index contributed by atoms with van der Waals surface area (Å²) in [6, 6.07) is 9.27. The third-order valence-electron chi connectivity index (χ3n) is 7.33. The maximum absolute atomic E-state index is 13.8. The molecular formula is C27H33FN6O2Si. The van der Waals surface area contributed by atoms with E-state index in [1.807, 2.05) is 6.07 Å². The summed E-state index contributed by atoms with van der Waals surface area (Å²) >= 11 is 0. The van der Waals surface area contributed by atoms with Crippen LogP contribution in [0, 0.1) is 17.1 Å². The predicted octanol–water partition coefficient (Wildman–Crippen LogP) is 6.01. The molecule has 10 heteroatoms. The second kappa shape index (κ2) is 9.72. The van der Waals surface area contributed by atoms with Crippen molar-refractivity contribution in [2.75, 3.05) is 30.9 Å². The lowest BCUT2D eigenvalue weighted by Gasteiger charge is -2.39. The van der Waals surface area contributed by atoms with Crippen LogP contribution in [-0.2, 0) is 9.84 Å². The van der Waals surface area contributed by atoms with E-state index in [1.165, 1.54) is 13.2 Å². The van der Waals surface area contributed by atoms with Crippen molar-refractivity contribution in [3.05, 3.63) is 53.6 Å². The molecule has 4 rings (SSSR count). The first-order chi connectivity index (χ1) is 17.4. The average Bonchev–Trinajstić information content (AvgIpc) is 3.19. The molecule has 0 bridgehead atoms. The van der Waals surface area contributed by atoms with E-state index in [2.05, 4.69) is 78.5 Å². The standard InChI is InChI=1S/C27H33FN6O2Si/c1-26(2,3)37(6,7)36-16-27(4)15-32-23-18(13-29)10-17(11-20(23)27)21-8-9-30-25(33-21)34-22-12-19(28)14-31-24(22)35-5/h8-12,14,32H,15-16H2,1-7H3,(H,30,33,34)/t27-/m1/s1. The van der Waals surface area contributed by atoms with Gasteiger partial charge in [0.2, 0.25) is 11.8 Å². The zero-order valence-corrected chi connectivity index (χ0v) is 23.4. The zero-order chi connectivity index (χ0) is 27.0. The fourth-order valence-electron chi connectivity index (χ4n) is 3.99. The van der Waals surface area contributed by atoms with E-state index in [-0.39, 0.29) is 22.3 Å². The van der Waals surface area contributed by atoms with Crippen molar-refractivity contribution in [1.29, 1.82) is 5.26 Å². The largest absolute Gasteiger partial charge is 0.480 e. The van der Waals surface area contributed by atoms with Gasteiger partial charge in [0.1, 0.15) is 17.6 Å². The van der Waals surface area contributed by atoms with Gasteiger partial charge in [-0.2, -0.15) is 5.26 Å². The smallest absolute Gasteiger partial charge is 0.237 e. The van der Waals surface area contributed by atoms with Crippen molar-refractivity contribution in [1.82, 2.24) is 15.0 Å². The van der Waals surface area contributed by atoms with Gasteiger partial charge >= 0.3 is 0 Å². The van der Waals surface area contributed by atoms with Crippen LogP contribution >= 0.6 is 0 Å². The van der Waals surface area contributed by atoms with Gasteiger partial charge in [-0.3, -0.25) is 0 Å². The number of benzene rings is 1. The van der Waals surface area contributed by atoms with Gasteiger partial charge in [0.15, 0.2) is 8.32 Å². The summed E-state index contributed by atoms with van der Waals surface area (Å²) in [5, 5.41) is 16.4. The van der Waals surface area contributed by atoms with Crippen molar-refractivity contribution >= 4 is 25.6 Å². The number of nitrogens with zero attached hydrogens (tertiary/aromatic N) is 4. The molecule has 0 amide bonds. The predicted molar refractivity (Wildman–Crippen MR) is 145 cm³/mol. The molecule has 3 heterocycles. The van der Waals surface area contributed by atoms with E-state index in [1.54, 1.807) is 12.3 Å². The number of nitrogens with one attached hydrogen (secondary N) is 2. The van der Waals surface area contributed by atoms with Crippen LogP contribution in [0.25, 0.3) is 11.3 Å². The molecule has 1 aromatic carbocycles. The van der Waals surface area contributed by atoms with E-state index in [9.17, 15) is 9.65 Å². The van der Waals surface area contributed by atoms with Crippen LogP contribution < -0.4 is 15.4 Å². The minimum absolute atomic E-state index is 0.0993. The Morgan fingerprint density at radius 1 is 1.24 bits per heavy atom. The molecule has 1 aliphatic rings. The van der Waals surface area contributed by atoms with Crippen molar-refractivity contribution in [3.63, 3.8) is 0 Å². The molecule has 0 spiro atoms. The van der Waals surface area contributed by atoms with Crippen LogP contribution in [0.1, 0.15) is 38.8 Å². The van der Waals surface area contributed by atoms with E-state index >= 15 is 0 Å². The van der Waals surface area contributed by atoms with Gasteiger partial charge in [-0.25, -0.2) is 19.3 Å². The number of ether oxygens (including phenoxy) is 1. The number of halogens is 1. The average molecular weight is 521 g/mol. The molecule has 0 radical (unpaired) electrons. The lowest BCUT2D eigenvalue weighted by Crippen LogP contribution is -2.45. The van der Waals surface area contributed by atoms with Crippen molar-refractivity contribution in [2.24, 2.45) is 0 Å². The Kier molecular flexibility index (Phi) is 6.97. The molecular weight excluding hydrogens is 487 g/mol. The summed E-state index contributed by atoms with van der Waals surface area (Å²) in [6.07, 6.45) is 2.69. The van der Waals surface area contributed by atoms with Crippen LogP contribution in [-0.4, -0.2) is 43.5 Å². The second-order valence-corrected chi connectivity index (χ2v) is 15.9. The molecule has 0 saturated heterocycles. The number of hydrogen-bond acceptors (Lipinski definition) is 8. The SMILES string of the molecule is COc1ncc(F)cc1Nc1nccc(-c2cc(C#N)c3c(c2)[C@@](C)(CO[Si](C)(C)C(C)(C)C)CN3)n1. The first-order valence-corrected chi connectivity index (χ1v) is 15.0. The molecule has 8 nitrogen and oxygen atoms in total. The molecule has 0 saturated carbocycles. The van der Waals surface area contributed by atoms with Gasteiger partial charge in [-0.15, -0.1) is 0 Å². The fourth-order valence-corrected chi connectivity index (χ4v) is 5.10. The molecule has 1 atom stereocenters. The first-order valence-electron chi connectivity index (χ1n) is 12.1. The van der Waals surface area contributed by atoms with Crippen LogP contribution in [0.15, 0.2) is 36.7 Å². The molecule has 37 heavy (non-hydrogen) atoms. The zero-order valence-electron chi connectivity index (χ0n) is 22.4. The fraction of sp³-hybridized carbons (Fsp3) is 0.407. The van der Waals surface area contributed by atoms with Crippen molar-refractivity contribution < 1.29 is 13.6 Å². The van der Waals surface area contributed by atoms with Crippen LogP contribution in [0.5, 0.6) is 5.88 Å². The van der Waals surface area contributed by atoms with Gasteiger partial charge in [-0.05, 0) is 41.9 Å². The van der Waals surface area contributed by atoms with Gasteiger partial charge in [0, 0.05) is 36.4 Å². The third-order valence-corrected chi connectivity index (χ3v) is 11.8. The Morgan fingerprint density at radius 2 is 2.00 bits per heavy atom. The van der Waals surface area contributed by atoms with Crippen molar-refractivity contribution in [3.8, 4) is 23.2 Å². The molecule has 1 aliphatic heterocycles. The monoisotopic (exact) mass is 520 g/mol. The minimum Gasteiger partial charge on any atom is -0.480 e. The Bertz CT molecular complexity index is 1370. The Balaban J connectivity index is 1.68. The summed E-state index contributed by atoms with van der Waals surface area (Å²) in [5.41, 5.74) is 3.84. The minimum atomic E-state index is -1.96. The lowest BCUT2D eigenvalue weighted by atomic mass is 9.83. The number of anilines is 3. The van der Waals surface area contributed by atoms with Gasteiger partial charge in [0.05, 0.1) is 30.3 Å². The highest BCUT2D eigenvalue weighted by Gasteiger charge is 2.42. The third kappa shape index (κ3) is 5.28. The number of methoxy groups -OCH3 is 1. The summed E-state index contributed by atoms with van der Waals surface area (Å²) in [7, 11) is -0.506. The maximum Gasteiger partial charge on any atom is 0.237 e. The van der Waals surface area contributed by atoms with E-state index < -0.39 is 14.1 Å². The highest BCUT2D eigenvalue weighted by molar-refractivity contribution is 6.74. The first kappa shape index (κ1) is 26.5. The molecule has 2 aromatic heterocycles. The molecule has 0 fully saturated rings. The molecule has 2 N–H and O–H groups in total. The number of hydrogen-bond donors (Lipinski definition) is 2. The summed E-state index contributed by atoms with van der Waals surface area (Å²) < 4.78 is 25.6. The van der Waals surface area contributed by atoms with Crippen LogP contribution in [0.2, 0.25) is 18.1 Å². The number of rotatable bonds is 7. The Labute approximate surface area is 218 Å². The Morgan fingerprint density at radius 3 is 2.68 bits per heavy atom. The summed E-state index contributed by atoms with van der Waals surface area (Å²) in [5.74, 6) is -0.0314. The Hall–Kier alpha value is -3.55. The van der Waals surface area contributed by atoms with Crippen LogP contribution in [0.3, 0.4) is 0 Å². The molecule has 194 valence electrons. The molecule has 0 aliphatic carbocycles. The van der Waals surface area contributed by atoms with Crippen molar-refractivity contribution in [2.45, 2.75) is 51.2 Å². The van der Waals surface area contributed by atoms with E-state index in [0.29, 0.717) is 30.1 Å². The van der Waals surface area contributed by atoms with E-state index in [0.717, 1.165) is 23.0 Å². The highest BCUT2D eigenvalue weighted by atomic mass is 28.4. The number of pyridine rings is 1. The summed E-state index contributed by atoms with van der Waals surface area (Å²) in [6.45, 7) is 14.6. The molecule has 3 aromatic rings. The van der Waals surface area contributed by atoms with E-state index in [4.69, 9.17) is 9.16 Å². The van der Waals surface area contributed by atoms with Gasteiger partial charge in [0.25, 0.3) is 0 Å². The molecule has 0 unspecified atom stereocenters. The normalized spacial score (nSPS) is 17.1. The number of aromatic nitrogens is 3. The quantitative estimate of drug-likeness (QED) is 0.365. The summed E-state index contributed by atoms with van der Waals surface area (Å²) in [4.78, 5) is 12.8. The number of fused-ring (bicyclic) bond motifs is 1. The lowest BCUT2D eigenvalue weighted by molar-refractivity contribution is 0.220. The van der Waals surface area contributed by atoms with Crippen LogP contribution in [0.4, 0.5) is 21.7 Å². The van der Waals surface area contributed by atoms with Gasteiger partial charge < -0.3 is 19.8 Å². The highest BCUT2D eigenvalue weighted by Crippen LogP contribution is 2.44. The van der Waals surface area contributed by atoms with Gasteiger partial charge in [-0.1, -0.05) is 27.7 Å².